The number of amides is 1. The van der Waals surface area contributed by atoms with Crippen molar-refractivity contribution in [1.29, 1.82) is 0 Å². The van der Waals surface area contributed by atoms with E-state index in [0.717, 1.165) is 28.3 Å². The summed E-state index contributed by atoms with van der Waals surface area (Å²) in [4.78, 5) is 22.2. The average Bonchev–Trinajstić information content (AvgIpc) is 2.91. The molecular formula is C11H11ClN4O3S. The van der Waals surface area contributed by atoms with Crippen molar-refractivity contribution in [3.05, 3.63) is 42.3 Å². The SMILES string of the molecule is Cc1n[nH]c(C)c1CNC(=O)c1cc([N+](=O)[O-])c(Cl)s1. The lowest BCUT2D eigenvalue weighted by Crippen LogP contribution is -2.22. The molecule has 0 aliphatic carbocycles. The van der Waals surface area contributed by atoms with Gasteiger partial charge < -0.3 is 5.32 Å². The second-order valence-electron chi connectivity index (χ2n) is 4.12. The van der Waals surface area contributed by atoms with Gasteiger partial charge in [-0.2, -0.15) is 5.10 Å². The number of thiophene rings is 1. The summed E-state index contributed by atoms with van der Waals surface area (Å²) < 4.78 is -0.00387. The molecule has 2 N–H and O–H groups in total. The molecule has 0 spiro atoms. The predicted molar refractivity (Wildman–Crippen MR) is 75.2 cm³/mol. The summed E-state index contributed by atoms with van der Waals surface area (Å²) >= 11 is 6.60. The van der Waals surface area contributed by atoms with E-state index >= 15 is 0 Å². The van der Waals surface area contributed by atoms with Crippen molar-refractivity contribution in [2.75, 3.05) is 0 Å². The van der Waals surface area contributed by atoms with E-state index in [9.17, 15) is 14.9 Å². The first kappa shape index (κ1) is 14.5. The molecule has 0 aliphatic heterocycles. The summed E-state index contributed by atoms with van der Waals surface area (Å²) in [5.41, 5.74) is 2.32. The first-order chi connectivity index (χ1) is 9.40. The smallest absolute Gasteiger partial charge is 0.299 e. The molecule has 0 bridgehead atoms. The summed E-state index contributed by atoms with van der Waals surface area (Å²) in [5.74, 6) is -0.398. The Kier molecular flexibility index (Phi) is 4.05. The van der Waals surface area contributed by atoms with Crippen LogP contribution in [0, 0.1) is 24.0 Å². The number of aromatic amines is 1. The van der Waals surface area contributed by atoms with Crippen LogP contribution in [0.2, 0.25) is 4.34 Å². The molecule has 2 heterocycles. The quantitative estimate of drug-likeness (QED) is 0.669. The third kappa shape index (κ3) is 2.81. The summed E-state index contributed by atoms with van der Waals surface area (Å²) in [6, 6.07) is 1.18. The van der Waals surface area contributed by atoms with E-state index in [1.807, 2.05) is 13.8 Å². The molecule has 2 rings (SSSR count). The second-order valence-corrected chi connectivity index (χ2v) is 5.78. The molecule has 1 amide bonds. The monoisotopic (exact) mass is 314 g/mol. The average molecular weight is 315 g/mol. The number of halogens is 1. The number of hydrogen-bond acceptors (Lipinski definition) is 5. The molecule has 0 saturated heterocycles. The highest BCUT2D eigenvalue weighted by Crippen LogP contribution is 2.33. The van der Waals surface area contributed by atoms with Gasteiger partial charge in [0.15, 0.2) is 4.34 Å². The minimum absolute atomic E-state index is 0.00387. The molecule has 20 heavy (non-hydrogen) atoms. The van der Waals surface area contributed by atoms with Gasteiger partial charge >= 0.3 is 0 Å². The lowest BCUT2D eigenvalue weighted by Gasteiger charge is -2.03. The zero-order valence-corrected chi connectivity index (χ0v) is 12.3. The normalized spacial score (nSPS) is 10.6. The summed E-state index contributed by atoms with van der Waals surface area (Å²) in [6.07, 6.45) is 0. The molecule has 0 radical (unpaired) electrons. The third-order valence-corrected chi connectivity index (χ3v) is 4.13. The number of aryl methyl sites for hydroxylation is 2. The van der Waals surface area contributed by atoms with Crippen LogP contribution in [0.5, 0.6) is 0 Å². The number of hydrogen-bond donors (Lipinski definition) is 2. The van der Waals surface area contributed by atoms with Crippen LogP contribution < -0.4 is 5.32 Å². The van der Waals surface area contributed by atoms with E-state index in [4.69, 9.17) is 11.6 Å². The topological polar surface area (TPSA) is 101 Å². The maximum Gasteiger partial charge on any atom is 0.299 e. The third-order valence-electron chi connectivity index (χ3n) is 2.80. The van der Waals surface area contributed by atoms with E-state index in [2.05, 4.69) is 15.5 Å². The predicted octanol–water partition coefficient (Wildman–Crippen LogP) is 2.58. The van der Waals surface area contributed by atoms with Crippen LogP contribution in [0.4, 0.5) is 5.69 Å². The van der Waals surface area contributed by atoms with Crippen LogP contribution in [0.3, 0.4) is 0 Å². The van der Waals surface area contributed by atoms with Crippen molar-refractivity contribution in [2.45, 2.75) is 20.4 Å². The minimum Gasteiger partial charge on any atom is -0.347 e. The molecule has 2 aromatic heterocycles. The lowest BCUT2D eigenvalue weighted by molar-refractivity contribution is -0.384. The Balaban J connectivity index is 2.09. The van der Waals surface area contributed by atoms with Gasteiger partial charge in [-0.05, 0) is 13.8 Å². The van der Waals surface area contributed by atoms with Gasteiger partial charge in [0.05, 0.1) is 10.6 Å². The van der Waals surface area contributed by atoms with Crippen LogP contribution in [0.1, 0.15) is 26.6 Å². The van der Waals surface area contributed by atoms with Gasteiger partial charge in [0.25, 0.3) is 11.6 Å². The van der Waals surface area contributed by atoms with Gasteiger partial charge in [-0.15, -0.1) is 11.3 Å². The molecule has 0 unspecified atom stereocenters. The fraction of sp³-hybridized carbons (Fsp3) is 0.273. The van der Waals surface area contributed by atoms with Gasteiger partial charge in [-0.25, -0.2) is 0 Å². The fourth-order valence-corrected chi connectivity index (χ4v) is 2.83. The summed E-state index contributed by atoms with van der Waals surface area (Å²) in [7, 11) is 0. The van der Waals surface area contributed by atoms with E-state index in [1.165, 1.54) is 6.07 Å². The molecule has 7 nitrogen and oxygen atoms in total. The number of carbonyl (C=O) groups excluding carboxylic acids is 1. The number of carbonyl (C=O) groups is 1. The Hall–Kier alpha value is -1.93. The molecule has 0 atom stereocenters. The largest absolute Gasteiger partial charge is 0.347 e. The zero-order chi connectivity index (χ0) is 14.9. The summed E-state index contributed by atoms with van der Waals surface area (Å²) in [5, 5.41) is 20.2. The second kappa shape index (κ2) is 5.59. The van der Waals surface area contributed by atoms with Crippen molar-refractivity contribution in [3.63, 3.8) is 0 Å². The Bertz CT molecular complexity index is 660. The van der Waals surface area contributed by atoms with Crippen LogP contribution in [-0.4, -0.2) is 21.0 Å². The highest BCUT2D eigenvalue weighted by molar-refractivity contribution is 7.18. The minimum atomic E-state index is -0.611. The van der Waals surface area contributed by atoms with Crippen molar-refractivity contribution in [3.8, 4) is 0 Å². The molecular weight excluding hydrogens is 304 g/mol. The van der Waals surface area contributed by atoms with E-state index in [-0.39, 0.29) is 14.9 Å². The number of nitro groups is 1. The molecule has 2 aromatic rings. The van der Waals surface area contributed by atoms with Crippen LogP contribution in [0.15, 0.2) is 6.07 Å². The Morgan fingerprint density at radius 2 is 2.30 bits per heavy atom. The van der Waals surface area contributed by atoms with Crippen molar-refractivity contribution < 1.29 is 9.72 Å². The van der Waals surface area contributed by atoms with Crippen LogP contribution >= 0.6 is 22.9 Å². The number of nitrogens with one attached hydrogen (secondary N) is 2. The first-order valence-electron chi connectivity index (χ1n) is 5.62. The first-order valence-corrected chi connectivity index (χ1v) is 6.82. The maximum absolute atomic E-state index is 11.9. The summed E-state index contributed by atoms with van der Waals surface area (Å²) in [6.45, 7) is 3.99. The lowest BCUT2D eigenvalue weighted by atomic mass is 10.2. The molecule has 9 heteroatoms. The maximum atomic E-state index is 11.9. The molecule has 0 saturated carbocycles. The van der Waals surface area contributed by atoms with Gasteiger partial charge in [0, 0.05) is 23.9 Å². The number of nitrogens with zero attached hydrogens (tertiary/aromatic N) is 2. The Morgan fingerprint density at radius 3 is 2.80 bits per heavy atom. The zero-order valence-electron chi connectivity index (χ0n) is 10.7. The fourth-order valence-electron chi connectivity index (χ4n) is 1.69. The molecule has 106 valence electrons. The van der Waals surface area contributed by atoms with E-state index < -0.39 is 10.8 Å². The van der Waals surface area contributed by atoms with Crippen molar-refractivity contribution in [1.82, 2.24) is 15.5 Å². The van der Waals surface area contributed by atoms with Crippen molar-refractivity contribution >= 4 is 34.5 Å². The highest BCUT2D eigenvalue weighted by Gasteiger charge is 2.21. The van der Waals surface area contributed by atoms with Gasteiger partial charge in [-0.1, -0.05) is 11.6 Å². The van der Waals surface area contributed by atoms with Crippen molar-refractivity contribution in [2.24, 2.45) is 0 Å². The van der Waals surface area contributed by atoms with E-state index in [1.54, 1.807) is 0 Å². The molecule has 0 fully saturated rings. The standard InChI is InChI=1S/C11H11ClN4O3S/c1-5-7(6(2)15-14-5)4-13-11(17)9-3-8(16(18)19)10(12)20-9/h3H,4H2,1-2H3,(H,13,17)(H,14,15). The van der Waals surface area contributed by atoms with Crippen LogP contribution in [0.25, 0.3) is 0 Å². The highest BCUT2D eigenvalue weighted by atomic mass is 35.5. The van der Waals surface area contributed by atoms with E-state index in [0.29, 0.717) is 6.54 Å². The Labute approximate surface area is 123 Å². The Morgan fingerprint density at radius 1 is 1.60 bits per heavy atom. The number of rotatable bonds is 4. The molecule has 0 aromatic carbocycles. The van der Waals surface area contributed by atoms with Gasteiger partial charge in [-0.3, -0.25) is 20.0 Å². The number of H-pyrrole nitrogens is 1. The number of aromatic nitrogens is 2. The van der Waals surface area contributed by atoms with Crippen LogP contribution in [-0.2, 0) is 6.54 Å². The molecule has 0 aliphatic rings. The van der Waals surface area contributed by atoms with Gasteiger partial charge in [0.1, 0.15) is 4.88 Å². The van der Waals surface area contributed by atoms with Gasteiger partial charge in [0.2, 0.25) is 0 Å².